The van der Waals surface area contributed by atoms with Crippen molar-refractivity contribution in [1.29, 1.82) is 0 Å². The number of imidazole rings is 1. The second-order valence-electron chi connectivity index (χ2n) is 12.3. The summed E-state index contributed by atoms with van der Waals surface area (Å²) in [4.78, 5) is 63.0. The first-order chi connectivity index (χ1) is 23.6. The minimum atomic E-state index is -4.70. The van der Waals surface area contributed by atoms with Crippen molar-refractivity contribution in [2.75, 3.05) is 31.7 Å². The van der Waals surface area contributed by atoms with Gasteiger partial charge in [-0.25, -0.2) is 18.7 Å². The molecular weight excluding hydrogens is 688 g/mol. The molecule has 1 amide bonds. The van der Waals surface area contributed by atoms with Gasteiger partial charge in [0.05, 0.1) is 31.2 Å². The molecule has 0 spiro atoms. The molecule has 276 valence electrons. The molecular formula is C28H41FN9O11P. The summed E-state index contributed by atoms with van der Waals surface area (Å²) in [5, 5.41) is 2.66. The van der Waals surface area contributed by atoms with E-state index in [0.29, 0.717) is 0 Å². The predicted octanol–water partition coefficient (Wildman–Crippen LogP) is 0.147. The van der Waals surface area contributed by atoms with Crippen molar-refractivity contribution in [2.24, 2.45) is 5.92 Å². The van der Waals surface area contributed by atoms with Crippen LogP contribution in [0.15, 0.2) is 28.2 Å². The second-order valence-corrected chi connectivity index (χ2v) is 13.7. The van der Waals surface area contributed by atoms with Gasteiger partial charge < -0.3 is 40.6 Å². The minimum absolute atomic E-state index is 0.00256. The van der Waals surface area contributed by atoms with Crippen LogP contribution in [0, 0.1) is 5.92 Å². The number of amides is 1. The van der Waals surface area contributed by atoms with Gasteiger partial charge in [0.25, 0.3) is 5.56 Å². The van der Waals surface area contributed by atoms with Gasteiger partial charge in [-0.2, -0.15) is 9.97 Å². The average molecular weight is 730 g/mol. The fourth-order valence-electron chi connectivity index (χ4n) is 5.85. The summed E-state index contributed by atoms with van der Waals surface area (Å²) in [5.41, 5.74) is 9.85. The molecule has 1 unspecified atom stereocenters. The molecule has 20 nitrogen and oxygen atoms in total. The van der Waals surface area contributed by atoms with Crippen molar-refractivity contribution in [3.8, 4) is 0 Å². The van der Waals surface area contributed by atoms with Gasteiger partial charge in [-0.05, 0) is 33.8 Å². The molecule has 7 N–H and O–H groups in total. The number of nitrogens with zero attached hydrogens (tertiary/aromatic N) is 5. The molecule has 0 radical (unpaired) electrons. The molecule has 2 fully saturated rings. The van der Waals surface area contributed by atoms with Crippen molar-refractivity contribution in [3.05, 3.63) is 39.4 Å². The molecule has 0 saturated carbocycles. The van der Waals surface area contributed by atoms with E-state index in [0.717, 1.165) is 4.57 Å². The summed E-state index contributed by atoms with van der Waals surface area (Å²) >= 11 is 0. The standard InChI is InChI=1S/C28H41FN9O11P/c1-12(2)45-10-16-14(19(29)25(47-16)38-11-33-20-23(38)35-27(31)36-24(20)40)8-18(39)32-9-15-21(49-50(42,43)48-13(3)4)22(44-5)26(46-15)37-7-6-17(30)34-28(37)41/h6-7,11-16,19,21-22,25-26H,8-10H2,1-5H3,(H,32,39)(H,42,43)(H2,30,34,41)(H3,31,35,36,40)/t14-,15-,16-,19-,21-,22-,25-,26-/m1/s1. The summed E-state index contributed by atoms with van der Waals surface area (Å²) in [5.74, 6) is -1.92. The highest BCUT2D eigenvalue weighted by molar-refractivity contribution is 7.47. The molecule has 3 aromatic heterocycles. The number of carbonyl (C=O) groups is 1. The van der Waals surface area contributed by atoms with E-state index in [-0.39, 0.29) is 42.2 Å². The number of anilines is 2. The van der Waals surface area contributed by atoms with Crippen LogP contribution >= 0.6 is 7.82 Å². The average Bonchev–Trinajstić information content (AvgIpc) is 3.67. The summed E-state index contributed by atoms with van der Waals surface area (Å²) in [6.45, 7) is 6.26. The summed E-state index contributed by atoms with van der Waals surface area (Å²) in [6, 6.07) is 1.35. The number of H-pyrrole nitrogens is 1. The van der Waals surface area contributed by atoms with E-state index in [1.807, 2.05) is 0 Å². The number of aromatic amines is 1. The third kappa shape index (κ3) is 8.21. The lowest BCUT2D eigenvalue weighted by atomic mass is 9.95. The topological polar surface area (TPSA) is 272 Å². The zero-order chi connectivity index (χ0) is 36.5. The number of phosphoric ester groups is 1. The number of fused-ring (bicyclic) bond motifs is 1. The first-order valence-electron chi connectivity index (χ1n) is 15.7. The summed E-state index contributed by atoms with van der Waals surface area (Å²) < 4.78 is 65.3. The van der Waals surface area contributed by atoms with E-state index in [1.165, 1.54) is 44.1 Å². The SMILES string of the molecule is CO[C@@H]1[C@H](OP(=O)(O)OC(C)C)[C@@H](CNC(=O)C[C@H]2[C@@H](F)[C@H](n3cnc4c(=O)[nH]c(N)nc43)O[C@@H]2COC(C)C)O[C@H]1n1ccc(N)nc1=O. The number of nitrogens with two attached hydrogens (primary N) is 2. The van der Waals surface area contributed by atoms with Crippen molar-refractivity contribution >= 4 is 36.7 Å². The number of alkyl halides is 1. The smallest absolute Gasteiger partial charge is 0.383 e. The first kappa shape index (κ1) is 37.4. The lowest BCUT2D eigenvalue weighted by Gasteiger charge is -2.26. The molecule has 0 aromatic carbocycles. The van der Waals surface area contributed by atoms with Crippen molar-refractivity contribution in [3.63, 3.8) is 0 Å². The Hall–Kier alpha value is -3.82. The van der Waals surface area contributed by atoms with E-state index >= 15 is 4.39 Å². The zero-order valence-electron chi connectivity index (χ0n) is 27.9. The number of nitrogens with one attached hydrogen (secondary N) is 2. The van der Waals surface area contributed by atoms with Gasteiger partial charge in [-0.15, -0.1) is 0 Å². The number of ether oxygens (including phenoxy) is 4. The van der Waals surface area contributed by atoms with Crippen LogP contribution in [0.5, 0.6) is 0 Å². The van der Waals surface area contributed by atoms with Crippen LogP contribution in [-0.2, 0) is 37.4 Å². The number of hydrogen-bond acceptors (Lipinski definition) is 15. The number of aromatic nitrogens is 6. The molecule has 50 heavy (non-hydrogen) atoms. The predicted molar refractivity (Wildman–Crippen MR) is 172 cm³/mol. The molecule has 5 heterocycles. The van der Waals surface area contributed by atoms with Crippen molar-refractivity contribution in [2.45, 2.75) is 89.4 Å². The second kappa shape index (κ2) is 15.2. The molecule has 2 saturated heterocycles. The van der Waals surface area contributed by atoms with Gasteiger partial charge in [0, 0.05) is 32.2 Å². The largest absolute Gasteiger partial charge is 0.472 e. The highest BCUT2D eigenvalue weighted by Gasteiger charge is 2.51. The summed E-state index contributed by atoms with van der Waals surface area (Å²) in [7, 11) is -3.42. The van der Waals surface area contributed by atoms with Crippen LogP contribution in [0.2, 0.25) is 0 Å². The number of phosphoric acid groups is 1. The number of methoxy groups -OCH3 is 1. The lowest BCUT2D eigenvalue weighted by Crippen LogP contribution is -2.43. The maximum Gasteiger partial charge on any atom is 0.472 e. The van der Waals surface area contributed by atoms with Crippen LogP contribution < -0.4 is 28.0 Å². The molecule has 3 aromatic rings. The molecule has 2 aliphatic heterocycles. The van der Waals surface area contributed by atoms with Gasteiger partial charge in [0.1, 0.15) is 24.1 Å². The molecule has 0 bridgehead atoms. The Balaban J connectivity index is 1.35. The quantitative estimate of drug-likeness (QED) is 0.138. The highest BCUT2D eigenvalue weighted by Crippen LogP contribution is 2.49. The van der Waals surface area contributed by atoms with E-state index < -0.39 is 86.5 Å². The third-order valence-electron chi connectivity index (χ3n) is 8.00. The van der Waals surface area contributed by atoms with E-state index in [4.69, 9.17) is 39.5 Å². The van der Waals surface area contributed by atoms with Crippen LogP contribution in [0.25, 0.3) is 11.2 Å². The number of nitrogen functional groups attached to an aromatic ring is 2. The Bertz CT molecular complexity index is 1840. The van der Waals surface area contributed by atoms with Gasteiger partial charge in [-0.3, -0.25) is 32.8 Å². The first-order valence-corrected chi connectivity index (χ1v) is 17.2. The minimum Gasteiger partial charge on any atom is -0.383 e. The Morgan fingerprint density at radius 1 is 1.12 bits per heavy atom. The van der Waals surface area contributed by atoms with Crippen molar-refractivity contribution < 1.29 is 46.6 Å². The maximum absolute atomic E-state index is 16.2. The summed E-state index contributed by atoms with van der Waals surface area (Å²) in [6.07, 6.45) is -7.71. The monoisotopic (exact) mass is 729 g/mol. The van der Waals surface area contributed by atoms with E-state index in [1.54, 1.807) is 13.8 Å². The van der Waals surface area contributed by atoms with Crippen LogP contribution in [0.1, 0.15) is 46.6 Å². The number of carbonyl (C=O) groups excluding carboxylic acids is 1. The fourth-order valence-corrected chi connectivity index (χ4v) is 7.00. The van der Waals surface area contributed by atoms with Gasteiger partial charge in [-0.1, -0.05) is 0 Å². The third-order valence-corrected chi connectivity index (χ3v) is 9.19. The normalized spacial score (nSPS) is 28.1. The van der Waals surface area contributed by atoms with Crippen LogP contribution in [0.4, 0.5) is 16.2 Å². The Kier molecular flexibility index (Phi) is 11.4. The van der Waals surface area contributed by atoms with Gasteiger partial charge in [0.2, 0.25) is 11.9 Å². The van der Waals surface area contributed by atoms with E-state index in [9.17, 15) is 23.8 Å². The highest BCUT2D eigenvalue weighted by atomic mass is 31.2. The molecule has 22 heteroatoms. The van der Waals surface area contributed by atoms with Gasteiger partial charge in [0.15, 0.2) is 29.8 Å². The lowest BCUT2D eigenvalue weighted by molar-refractivity contribution is -0.124. The van der Waals surface area contributed by atoms with E-state index in [2.05, 4.69) is 25.3 Å². The van der Waals surface area contributed by atoms with Crippen LogP contribution in [-0.4, -0.2) is 103 Å². The zero-order valence-corrected chi connectivity index (χ0v) is 28.8. The molecule has 9 atom stereocenters. The Labute approximate surface area is 284 Å². The fraction of sp³-hybridized carbons (Fsp3) is 0.643. The van der Waals surface area contributed by atoms with Gasteiger partial charge >= 0.3 is 13.5 Å². The maximum atomic E-state index is 16.2. The van der Waals surface area contributed by atoms with Crippen molar-refractivity contribution in [1.82, 2.24) is 34.4 Å². The number of rotatable bonds is 14. The van der Waals surface area contributed by atoms with Crippen LogP contribution in [0.3, 0.4) is 0 Å². The molecule has 2 aliphatic rings. The Morgan fingerprint density at radius 3 is 2.50 bits per heavy atom. The number of halogens is 1. The molecule has 5 rings (SSSR count). The molecule has 0 aliphatic carbocycles. The Morgan fingerprint density at radius 2 is 1.84 bits per heavy atom. The number of hydrogen-bond donors (Lipinski definition) is 5.